The first-order valence-electron chi connectivity index (χ1n) is 6.56. The number of phenolic OH excluding ortho intramolecular Hbond substituents is 1. The van der Waals surface area contributed by atoms with Gasteiger partial charge in [-0.05, 0) is 6.07 Å². The van der Waals surface area contributed by atoms with Gasteiger partial charge in [-0.25, -0.2) is 9.97 Å². The van der Waals surface area contributed by atoms with Crippen LogP contribution < -0.4 is 5.32 Å². The molecule has 0 spiro atoms. The molecule has 0 aliphatic carbocycles. The Hall–Kier alpha value is -2.14. The fourth-order valence-corrected chi connectivity index (χ4v) is 1.91. The van der Waals surface area contributed by atoms with Crippen molar-refractivity contribution in [3.8, 4) is 5.75 Å². The molecule has 0 bridgehead atoms. The number of aromatic nitrogens is 2. The van der Waals surface area contributed by atoms with Gasteiger partial charge in [0.1, 0.15) is 17.3 Å². The van der Waals surface area contributed by atoms with Crippen LogP contribution in [0.4, 0.5) is 0 Å². The highest BCUT2D eigenvalue weighted by atomic mass is 35.5. The van der Waals surface area contributed by atoms with Gasteiger partial charge < -0.3 is 10.4 Å². The van der Waals surface area contributed by atoms with Crippen LogP contribution in [-0.4, -0.2) is 21.0 Å². The topological polar surface area (TPSA) is 75.1 Å². The monoisotopic (exact) mass is 305 g/mol. The second-order valence-corrected chi connectivity index (χ2v) is 5.30. The number of nitrogens with zero attached hydrogens (tertiary/aromatic N) is 2. The minimum atomic E-state index is -0.396. The Balaban J connectivity index is 2.14. The molecule has 6 heteroatoms. The van der Waals surface area contributed by atoms with E-state index in [1.165, 1.54) is 6.20 Å². The average molecular weight is 306 g/mol. The summed E-state index contributed by atoms with van der Waals surface area (Å²) < 4.78 is 0. The fraction of sp³-hybridized carbons (Fsp3) is 0.267. The van der Waals surface area contributed by atoms with Gasteiger partial charge in [0.05, 0.1) is 11.2 Å². The van der Waals surface area contributed by atoms with E-state index in [1.807, 2.05) is 13.8 Å². The number of hydrogen-bond donors (Lipinski definition) is 2. The van der Waals surface area contributed by atoms with E-state index in [0.717, 1.165) is 0 Å². The van der Waals surface area contributed by atoms with Crippen molar-refractivity contribution in [3.63, 3.8) is 0 Å². The quantitative estimate of drug-likeness (QED) is 0.910. The van der Waals surface area contributed by atoms with Gasteiger partial charge >= 0.3 is 0 Å². The Kier molecular flexibility index (Phi) is 4.75. The van der Waals surface area contributed by atoms with Crippen LogP contribution in [-0.2, 0) is 6.54 Å². The number of nitrogens with one attached hydrogen (secondary N) is 1. The molecule has 2 aromatic rings. The van der Waals surface area contributed by atoms with Crippen molar-refractivity contribution in [2.24, 2.45) is 0 Å². The standard InChI is InChI=1S/C15H16ClN3O2/c1-9(2)14-17-8-11(16)13(19-14)15(21)18-7-10-5-3-4-6-12(10)20/h3-6,8-9,20H,7H2,1-2H3,(H,18,21). The minimum absolute atomic E-state index is 0.104. The minimum Gasteiger partial charge on any atom is -0.508 e. The highest BCUT2D eigenvalue weighted by Crippen LogP contribution is 2.18. The number of halogens is 1. The van der Waals surface area contributed by atoms with Crippen LogP contribution >= 0.6 is 11.6 Å². The highest BCUT2D eigenvalue weighted by Gasteiger charge is 2.15. The molecule has 2 rings (SSSR count). The summed E-state index contributed by atoms with van der Waals surface area (Å²) in [4.78, 5) is 20.4. The molecule has 2 N–H and O–H groups in total. The summed E-state index contributed by atoms with van der Waals surface area (Å²) in [6, 6.07) is 6.80. The molecule has 1 heterocycles. The van der Waals surface area contributed by atoms with E-state index in [4.69, 9.17) is 11.6 Å². The van der Waals surface area contributed by atoms with Gasteiger partial charge in [0, 0.05) is 18.0 Å². The van der Waals surface area contributed by atoms with Crippen LogP contribution in [0.5, 0.6) is 5.75 Å². The van der Waals surface area contributed by atoms with E-state index in [9.17, 15) is 9.90 Å². The van der Waals surface area contributed by atoms with E-state index in [-0.39, 0.29) is 28.9 Å². The molecule has 5 nitrogen and oxygen atoms in total. The number of para-hydroxylation sites is 1. The Labute approximate surface area is 128 Å². The fourth-order valence-electron chi connectivity index (χ4n) is 1.74. The maximum atomic E-state index is 12.2. The van der Waals surface area contributed by atoms with Crippen LogP contribution in [0.2, 0.25) is 5.02 Å². The maximum Gasteiger partial charge on any atom is 0.271 e. The molecule has 0 atom stereocenters. The van der Waals surface area contributed by atoms with Crippen molar-refractivity contribution in [3.05, 3.63) is 52.6 Å². The summed E-state index contributed by atoms with van der Waals surface area (Å²) in [5.41, 5.74) is 0.769. The predicted molar refractivity (Wildman–Crippen MR) is 80.4 cm³/mol. The summed E-state index contributed by atoms with van der Waals surface area (Å²) in [5, 5.41) is 12.6. The van der Waals surface area contributed by atoms with E-state index in [0.29, 0.717) is 11.4 Å². The maximum absolute atomic E-state index is 12.2. The number of hydrogen-bond acceptors (Lipinski definition) is 4. The summed E-state index contributed by atoms with van der Waals surface area (Å²) in [6.07, 6.45) is 1.43. The first kappa shape index (κ1) is 15.3. The number of carbonyl (C=O) groups excluding carboxylic acids is 1. The number of benzene rings is 1. The van der Waals surface area contributed by atoms with Gasteiger partial charge in [-0.2, -0.15) is 0 Å². The molecule has 0 fully saturated rings. The average Bonchev–Trinajstić information content (AvgIpc) is 2.46. The molecule has 0 aliphatic rings. The second kappa shape index (κ2) is 6.54. The zero-order valence-electron chi connectivity index (χ0n) is 11.8. The van der Waals surface area contributed by atoms with Crippen LogP contribution in [0, 0.1) is 0 Å². The zero-order chi connectivity index (χ0) is 15.4. The zero-order valence-corrected chi connectivity index (χ0v) is 12.6. The van der Waals surface area contributed by atoms with Crippen LogP contribution in [0.15, 0.2) is 30.5 Å². The molecule has 1 aromatic heterocycles. The summed E-state index contributed by atoms with van der Waals surface area (Å²) >= 11 is 5.97. The number of phenols is 1. The lowest BCUT2D eigenvalue weighted by Crippen LogP contribution is -2.25. The van der Waals surface area contributed by atoms with Crippen molar-refractivity contribution < 1.29 is 9.90 Å². The largest absolute Gasteiger partial charge is 0.508 e. The summed E-state index contributed by atoms with van der Waals surface area (Å²) in [6.45, 7) is 4.07. The SMILES string of the molecule is CC(C)c1ncc(Cl)c(C(=O)NCc2ccccc2O)n1. The van der Waals surface area contributed by atoms with E-state index in [2.05, 4.69) is 15.3 Å². The number of carbonyl (C=O) groups is 1. The second-order valence-electron chi connectivity index (χ2n) is 4.89. The molecule has 0 saturated heterocycles. The van der Waals surface area contributed by atoms with Gasteiger partial charge in [-0.1, -0.05) is 43.6 Å². The molecule has 0 saturated carbocycles. The molecule has 21 heavy (non-hydrogen) atoms. The third kappa shape index (κ3) is 3.70. The van der Waals surface area contributed by atoms with Gasteiger partial charge in [-0.15, -0.1) is 0 Å². The Morgan fingerprint density at radius 1 is 1.38 bits per heavy atom. The first-order chi connectivity index (χ1) is 9.99. The smallest absolute Gasteiger partial charge is 0.271 e. The molecular formula is C15H16ClN3O2. The first-order valence-corrected chi connectivity index (χ1v) is 6.94. The Bertz CT molecular complexity index is 659. The molecule has 0 radical (unpaired) electrons. The molecule has 1 amide bonds. The van der Waals surface area contributed by atoms with Crippen LogP contribution in [0.3, 0.4) is 0 Å². The number of aromatic hydroxyl groups is 1. The molecular weight excluding hydrogens is 290 g/mol. The molecule has 110 valence electrons. The van der Waals surface area contributed by atoms with Gasteiger partial charge in [0.2, 0.25) is 0 Å². The lowest BCUT2D eigenvalue weighted by atomic mass is 10.2. The van der Waals surface area contributed by atoms with Crippen LogP contribution in [0.25, 0.3) is 0 Å². The predicted octanol–water partition coefficient (Wildman–Crippen LogP) is 2.89. The number of amides is 1. The number of rotatable bonds is 4. The van der Waals surface area contributed by atoms with Crippen molar-refractivity contribution >= 4 is 17.5 Å². The van der Waals surface area contributed by atoms with Crippen molar-refractivity contribution in [1.82, 2.24) is 15.3 Å². The lowest BCUT2D eigenvalue weighted by Gasteiger charge is -2.09. The van der Waals surface area contributed by atoms with E-state index >= 15 is 0 Å². The Morgan fingerprint density at radius 3 is 2.76 bits per heavy atom. The third-order valence-corrected chi connectivity index (χ3v) is 3.20. The van der Waals surface area contributed by atoms with Gasteiger partial charge in [0.15, 0.2) is 0 Å². The van der Waals surface area contributed by atoms with Crippen LogP contribution in [0.1, 0.15) is 41.6 Å². The normalized spacial score (nSPS) is 10.7. The van der Waals surface area contributed by atoms with E-state index in [1.54, 1.807) is 24.3 Å². The van der Waals surface area contributed by atoms with Crippen molar-refractivity contribution in [1.29, 1.82) is 0 Å². The van der Waals surface area contributed by atoms with Gasteiger partial charge in [0.25, 0.3) is 5.91 Å². The van der Waals surface area contributed by atoms with E-state index < -0.39 is 5.91 Å². The summed E-state index contributed by atoms with van der Waals surface area (Å²) in [7, 11) is 0. The third-order valence-electron chi connectivity index (χ3n) is 2.93. The van der Waals surface area contributed by atoms with Crippen molar-refractivity contribution in [2.75, 3.05) is 0 Å². The molecule has 0 aliphatic heterocycles. The highest BCUT2D eigenvalue weighted by molar-refractivity contribution is 6.33. The van der Waals surface area contributed by atoms with Crippen molar-refractivity contribution in [2.45, 2.75) is 26.3 Å². The summed E-state index contributed by atoms with van der Waals surface area (Å²) in [5.74, 6) is 0.404. The molecule has 1 aromatic carbocycles. The molecule has 0 unspecified atom stereocenters. The lowest BCUT2D eigenvalue weighted by molar-refractivity contribution is 0.0945. The van der Waals surface area contributed by atoms with Gasteiger partial charge in [-0.3, -0.25) is 4.79 Å². The Morgan fingerprint density at radius 2 is 2.10 bits per heavy atom.